The fraction of sp³-hybridized carbons (Fsp3) is 0.923. The minimum atomic E-state index is 0.190. The Morgan fingerprint density at radius 3 is 2.41 bits per heavy atom. The minimum Gasteiger partial charge on any atom is -0.380 e. The van der Waals surface area contributed by atoms with Gasteiger partial charge in [0.2, 0.25) is 5.91 Å². The van der Waals surface area contributed by atoms with Gasteiger partial charge in [-0.1, -0.05) is 26.7 Å². The molecule has 0 aliphatic heterocycles. The highest BCUT2D eigenvalue weighted by molar-refractivity contribution is 5.78. The van der Waals surface area contributed by atoms with E-state index in [0.29, 0.717) is 26.3 Å². The van der Waals surface area contributed by atoms with Crippen LogP contribution in [0.15, 0.2) is 0 Å². The third kappa shape index (κ3) is 9.12. The second-order valence-corrected chi connectivity index (χ2v) is 4.32. The number of hydrogen-bond donors (Lipinski definition) is 2. The van der Waals surface area contributed by atoms with Crippen molar-refractivity contribution < 1.29 is 9.53 Å². The fourth-order valence-electron chi connectivity index (χ4n) is 1.82. The van der Waals surface area contributed by atoms with Crippen LogP contribution < -0.4 is 11.1 Å². The number of nitrogens with two attached hydrogens (primary N) is 1. The van der Waals surface area contributed by atoms with E-state index in [9.17, 15) is 4.79 Å². The summed E-state index contributed by atoms with van der Waals surface area (Å²) >= 11 is 0. The van der Waals surface area contributed by atoms with Crippen LogP contribution >= 0.6 is 0 Å². The van der Waals surface area contributed by atoms with Crippen molar-refractivity contribution in [1.29, 1.82) is 0 Å². The monoisotopic (exact) mass is 244 g/mol. The van der Waals surface area contributed by atoms with Crippen LogP contribution in [0, 0.1) is 5.92 Å². The molecule has 0 aromatic carbocycles. The van der Waals surface area contributed by atoms with E-state index >= 15 is 0 Å². The van der Waals surface area contributed by atoms with Crippen molar-refractivity contribution >= 4 is 5.91 Å². The van der Waals surface area contributed by atoms with Gasteiger partial charge in [-0.25, -0.2) is 0 Å². The molecule has 0 heterocycles. The second kappa shape index (κ2) is 11.9. The molecule has 0 spiro atoms. The van der Waals surface area contributed by atoms with Crippen molar-refractivity contribution in [3.05, 3.63) is 0 Å². The molecule has 0 saturated heterocycles. The number of hydrogen-bond acceptors (Lipinski definition) is 3. The molecule has 0 aromatic rings. The van der Waals surface area contributed by atoms with Crippen molar-refractivity contribution in [2.75, 3.05) is 26.3 Å². The molecule has 0 aliphatic rings. The van der Waals surface area contributed by atoms with Gasteiger partial charge >= 0.3 is 0 Å². The Morgan fingerprint density at radius 1 is 1.24 bits per heavy atom. The molecule has 0 rings (SSSR count). The van der Waals surface area contributed by atoms with Gasteiger partial charge in [0, 0.05) is 25.6 Å². The van der Waals surface area contributed by atoms with Crippen LogP contribution in [-0.2, 0) is 9.53 Å². The molecule has 0 atom stereocenters. The molecule has 17 heavy (non-hydrogen) atoms. The maximum absolute atomic E-state index is 11.8. The van der Waals surface area contributed by atoms with Crippen LogP contribution in [0.25, 0.3) is 0 Å². The first-order valence-electron chi connectivity index (χ1n) is 6.81. The Bertz CT molecular complexity index is 180. The maximum atomic E-state index is 11.8. The third-order valence-electron chi connectivity index (χ3n) is 2.67. The molecule has 0 aromatic heterocycles. The summed E-state index contributed by atoms with van der Waals surface area (Å²) in [5, 5.41) is 2.98. The van der Waals surface area contributed by atoms with E-state index in [-0.39, 0.29) is 11.8 Å². The average Bonchev–Trinajstić information content (AvgIpc) is 2.33. The predicted molar refractivity (Wildman–Crippen MR) is 70.8 cm³/mol. The lowest BCUT2D eigenvalue weighted by molar-refractivity contribution is -0.125. The SMILES string of the molecule is CCCC(CCC)C(=O)NCCCOCCN. The summed E-state index contributed by atoms with van der Waals surface area (Å²) < 4.78 is 5.24. The van der Waals surface area contributed by atoms with Gasteiger partial charge in [0.25, 0.3) is 0 Å². The van der Waals surface area contributed by atoms with Crippen molar-refractivity contribution in [3.8, 4) is 0 Å². The first kappa shape index (κ1) is 16.4. The molecule has 0 aliphatic carbocycles. The van der Waals surface area contributed by atoms with Gasteiger partial charge in [-0.05, 0) is 19.3 Å². The zero-order valence-electron chi connectivity index (χ0n) is 11.3. The van der Waals surface area contributed by atoms with E-state index in [4.69, 9.17) is 10.5 Å². The zero-order valence-corrected chi connectivity index (χ0v) is 11.3. The molecule has 0 fully saturated rings. The van der Waals surface area contributed by atoms with E-state index in [2.05, 4.69) is 19.2 Å². The summed E-state index contributed by atoms with van der Waals surface area (Å²) in [5.41, 5.74) is 5.30. The highest BCUT2D eigenvalue weighted by Crippen LogP contribution is 2.13. The molecular weight excluding hydrogens is 216 g/mol. The summed E-state index contributed by atoms with van der Waals surface area (Å²) in [7, 11) is 0. The Hall–Kier alpha value is -0.610. The molecule has 0 radical (unpaired) electrons. The fourth-order valence-corrected chi connectivity index (χ4v) is 1.82. The lowest BCUT2D eigenvalue weighted by Crippen LogP contribution is -2.32. The predicted octanol–water partition coefficient (Wildman–Crippen LogP) is 1.68. The molecular formula is C13H28N2O2. The Morgan fingerprint density at radius 2 is 1.88 bits per heavy atom. The van der Waals surface area contributed by atoms with Gasteiger partial charge < -0.3 is 15.8 Å². The average molecular weight is 244 g/mol. The van der Waals surface area contributed by atoms with Gasteiger partial charge in [0.15, 0.2) is 0 Å². The number of rotatable bonds is 11. The Kier molecular flexibility index (Phi) is 11.4. The number of carbonyl (C=O) groups is 1. The van der Waals surface area contributed by atoms with Crippen molar-refractivity contribution in [2.45, 2.75) is 46.0 Å². The van der Waals surface area contributed by atoms with Gasteiger partial charge in [-0.3, -0.25) is 4.79 Å². The number of amides is 1. The topological polar surface area (TPSA) is 64.3 Å². The Labute approximate surface area is 105 Å². The van der Waals surface area contributed by atoms with E-state index in [1.807, 2.05) is 0 Å². The van der Waals surface area contributed by atoms with Gasteiger partial charge in [0.05, 0.1) is 6.61 Å². The van der Waals surface area contributed by atoms with Crippen molar-refractivity contribution in [3.63, 3.8) is 0 Å². The van der Waals surface area contributed by atoms with Crippen LogP contribution in [0.3, 0.4) is 0 Å². The lowest BCUT2D eigenvalue weighted by atomic mass is 9.97. The lowest BCUT2D eigenvalue weighted by Gasteiger charge is -2.15. The van der Waals surface area contributed by atoms with E-state index in [1.54, 1.807) is 0 Å². The van der Waals surface area contributed by atoms with Crippen molar-refractivity contribution in [1.82, 2.24) is 5.32 Å². The summed E-state index contributed by atoms with van der Waals surface area (Å²) in [6.45, 7) is 6.77. The molecule has 0 bridgehead atoms. The summed E-state index contributed by atoms with van der Waals surface area (Å²) in [6, 6.07) is 0. The quantitative estimate of drug-likeness (QED) is 0.544. The first-order valence-corrected chi connectivity index (χ1v) is 6.81. The standard InChI is InChI=1S/C13H28N2O2/c1-3-6-12(7-4-2)13(16)15-9-5-10-17-11-8-14/h12H,3-11,14H2,1-2H3,(H,15,16). The molecule has 3 N–H and O–H groups in total. The summed E-state index contributed by atoms with van der Waals surface area (Å²) in [4.78, 5) is 11.8. The Balaban J connectivity index is 3.59. The molecule has 0 unspecified atom stereocenters. The number of carbonyl (C=O) groups excluding carboxylic acids is 1. The van der Waals surface area contributed by atoms with Crippen LogP contribution in [0.2, 0.25) is 0 Å². The molecule has 1 amide bonds. The van der Waals surface area contributed by atoms with Gasteiger partial charge in [0.1, 0.15) is 0 Å². The molecule has 102 valence electrons. The highest BCUT2D eigenvalue weighted by atomic mass is 16.5. The van der Waals surface area contributed by atoms with Gasteiger partial charge in [-0.2, -0.15) is 0 Å². The van der Waals surface area contributed by atoms with Gasteiger partial charge in [-0.15, -0.1) is 0 Å². The smallest absolute Gasteiger partial charge is 0.223 e. The van der Waals surface area contributed by atoms with Crippen LogP contribution in [0.5, 0.6) is 0 Å². The van der Waals surface area contributed by atoms with Crippen LogP contribution in [0.4, 0.5) is 0 Å². The van der Waals surface area contributed by atoms with Crippen LogP contribution in [-0.4, -0.2) is 32.2 Å². The van der Waals surface area contributed by atoms with E-state index < -0.39 is 0 Å². The second-order valence-electron chi connectivity index (χ2n) is 4.32. The normalized spacial score (nSPS) is 10.8. The molecule has 4 heteroatoms. The maximum Gasteiger partial charge on any atom is 0.223 e. The summed E-state index contributed by atoms with van der Waals surface area (Å²) in [5.74, 6) is 0.391. The molecule has 0 saturated carbocycles. The van der Waals surface area contributed by atoms with Crippen LogP contribution in [0.1, 0.15) is 46.0 Å². The first-order chi connectivity index (χ1) is 8.26. The number of ether oxygens (including phenoxy) is 1. The van der Waals surface area contributed by atoms with E-state index in [1.165, 1.54) is 0 Å². The molecule has 4 nitrogen and oxygen atoms in total. The highest BCUT2D eigenvalue weighted by Gasteiger charge is 2.15. The van der Waals surface area contributed by atoms with E-state index in [0.717, 1.165) is 32.1 Å². The van der Waals surface area contributed by atoms with Crippen molar-refractivity contribution in [2.24, 2.45) is 11.7 Å². The number of nitrogens with one attached hydrogen (secondary N) is 1. The zero-order chi connectivity index (χ0) is 12.9. The largest absolute Gasteiger partial charge is 0.380 e. The third-order valence-corrected chi connectivity index (χ3v) is 2.67. The summed E-state index contributed by atoms with van der Waals surface area (Å²) in [6.07, 6.45) is 4.97. The minimum absolute atomic E-state index is 0.190.